The lowest BCUT2D eigenvalue weighted by Crippen LogP contribution is -2.46. The van der Waals surface area contributed by atoms with Crippen LogP contribution < -0.4 is 10.6 Å². The Morgan fingerprint density at radius 1 is 0.963 bits per heavy atom. The van der Waals surface area contributed by atoms with Crippen LogP contribution in [0.4, 0.5) is 10.5 Å². The van der Waals surface area contributed by atoms with Crippen molar-refractivity contribution < 1.29 is 14.4 Å². The minimum atomic E-state index is -0.894. The molecule has 0 atom stereocenters. The van der Waals surface area contributed by atoms with E-state index in [2.05, 4.69) is 10.6 Å². The number of anilines is 1. The van der Waals surface area contributed by atoms with Gasteiger partial charge in [-0.15, -0.1) is 0 Å². The Morgan fingerprint density at radius 2 is 1.56 bits per heavy atom. The molecule has 6 nitrogen and oxygen atoms in total. The summed E-state index contributed by atoms with van der Waals surface area (Å²) in [5, 5.41) is 5.46. The molecule has 0 aromatic heterocycles. The number of benzene rings is 2. The maximum Gasteiger partial charge on any atom is 0.325 e. The molecule has 1 heterocycles. The highest BCUT2D eigenvalue weighted by Crippen LogP contribution is 2.25. The molecular weight excluding hydrogens is 342 g/mol. The van der Waals surface area contributed by atoms with Gasteiger partial charge in [0, 0.05) is 5.69 Å². The van der Waals surface area contributed by atoms with Crippen LogP contribution in [0.25, 0.3) is 11.1 Å². The number of urea groups is 1. The molecule has 2 aromatic carbocycles. The number of carbonyl (C=O) groups is 3. The zero-order valence-corrected chi connectivity index (χ0v) is 15.5. The van der Waals surface area contributed by atoms with E-state index in [1.807, 2.05) is 56.3 Å². The molecular formula is C21H23N3O3. The monoisotopic (exact) mass is 365 g/mol. The topological polar surface area (TPSA) is 78.5 Å². The van der Waals surface area contributed by atoms with Crippen molar-refractivity contribution in [3.8, 4) is 11.1 Å². The van der Waals surface area contributed by atoms with Crippen molar-refractivity contribution in [2.75, 3.05) is 11.9 Å². The molecule has 1 aliphatic rings. The molecule has 0 unspecified atom stereocenters. The number of carbonyl (C=O) groups excluding carboxylic acids is 3. The van der Waals surface area contributed by atoms with Crippen molar-refractivity contribution in [1.82, 2.24) is 10.2 Å². The van der Waals surface area contributed by atoms with Crippen LogP contribution in [-0.4, -0.2) is 34.8 Å². The summed E-state index contributed by atoms with van der Waals surface area (Å²) >= 11 is 0. The number of imide groups is 1. The lowest BCUT2D eigenvalue weighted by Gasteiger charge is -2.23. The highest BCUT2D eigenvalue weighted by Gasteiger charge is 2.49. The van der Waals surface area contributed by atoms with Crippen LogP contribution >= 0.6 is 0 Å². The van der Waals surface area contributed by atoms with E-state index in [4.69, 9.17) is 0 Å². The predicted octanol–water partition coefficient (Wildman–Crippen LogP) is 3.40. The van der Waals surface area contributed by atoms with Gasteiger partial charge in [0.25, 0.3) is 5.91 Å². The van der Waals surface area contributed by atoms with Gasteiger partial charge in [0.05, 0.1) is 0 Å². The Morgan fingerprint density at radius 3 is 2.11 bits per heavy atom. The third-order valence-electron chi connectivity index (χ3n) is 5.03. The molecule has 2 aromatic rings. The third-order valence-corrected chi connectivity index (χ3v) is 5.03. The summed E-state index contributed by atoms with van der Waals surface area (Å²) in [4.78, 5) is 38.0. The molecule has 1 fully saturated rings. The van der Waals surface area contributed by atoms with E-state index in [9.17, 15) is 14.4 Å². The molecule has 0 saturated carbocycles. The van der Waals surface area contributed by atoms with Crippen LogP contribution in [-0.2, 0) is 9.59 Å². The minimum absolute atomic E-state index is 0.299. The number of amides is 4. The molecule has 0 bridgehead atoms. The molecule has 1 saturated heterocycles. The van der Waals surface area contributed by atoms with E-state index in [-0.39, 0.29) is 12.5 Å². The van der Waals surface area contributed by atoms with Crippen molar-refractivity contribution in [3.63, 3.8) is 0 Å². The van der Waals surface area contributed by atoms with E-state index in [1.165, 1.54) is 0 Å². The quantitative estimate of drug-likeness (QED) is 0.770. The number of nitrogens with one attached hydrogen (secondary N) is 2. The molecule has 3 rings (SSSR count). The summed E-state index contributed by atoms with van der Waals surface area (Å²) in [5.41, 5.74) is 1.85. The van der Waals surface area contributed by atoms with Gasteiger partial charge in [-0.2, -0.15) is 0 Å². The van der Waals surface area contributed by atoms with Crippen molar-refractivity contribution in [2.24, 2.45) is 0 Å². The van der Waals surface area contributed by atoms with E-state index >= 15 is 0 Å². The fraction of sp³-hybridized carbons (Fsp3) is 0.286. The average Bonchev–Trinajstić information content (AvgIpc) is 2.94. The van der Waals surface area contributed by atoms with Crippen molar-refractivity contribution >= 4 is 23.5 Å². The SMILES string of the molecule is CCC1(CC)NC(=O)N(CC(=O)Nc2ccc(-c3ccccc3)cc2)C1=O. The molecule has 27 heavy (non-hydrogen) atoms. The first-order chi connectivity index (χ1) is 13.0. The summed E-state index contributed by atoms with van der Waals surface area (Å²) in [6.45, 7) is 3.39. The Kier molecular flexibility index (Phi) is 5.26. The molecule has 6 heteroatoms. The van der Waals surface area contributed by atoms with E-state index in [0.29, 0.717) is 18.5 Å². The average molecular weight is 365 g/mol. The Balaban J connectivity index is 1.64. The normalized spacial score (nSPS) is 15.6. The van der Waals surface area contributed by atoms with Gasteiger partial charge in [0.1, 0.15) is 12.1 Å². The van der Waals surface area contributed by atoms with Crippen LogP contribution in [0.5, 0.6) is 0 Å². The zero-order valence-electron chi connectivity index (χ0n) is 15.5. The lowest BCUT2D eigenvalue weighted by molar-refractivity contribution is -0.134. The molecule has 1 aliphatic heterocycles. The fourth-order valence-electron chi connectivity index (χ4n) is 3.27. The third kappa shape index (κ3) is 3.69. The molecule has 4 amide bonds. The predicted molar refractivity (Wildman–Crippen MR) is 104 cm³/mol. The van der Waals surface area contributed by atoms with Crippen LogP contribution in [0.2, 0.25) is 0 Å². The smallest absolute Gasteiger partial charge is 0.325 e. The van der Waals surface area contributed by atoms with Crippen molar-refractivity contribution in [1.29, 1.82) is 0 Å². The second-order valence-corrected chi connectivity index (χ2v) is 6.60. The van der Waals surface area contributed by atoms with Gasteiger partial charge in [-0.1, -0.05) is 56.3 Å². The van der Waals surface area contributed by atoms with E-state index in [1.54, 1.807) is 12.1 Å². The van der Waals surface area contributed by atoms with Gasteiger partial charge in [0.2, 0.25) is 5.91 Å². The Labute approximate surface area is 158 Å². The van der Waals surface area contributed by atoms with Gasteiger partial charge in [0.15, 0.2) is 0 Å². The maximum atomic E-state index is 12.6. The minimum Gasteiger partial charge on any atom is -0.325 e. The number of hydrogen-bond donors (Lipinski definition) is 2. The summed E-state index contributed by atoms with van der Waals surface area (Å²) in [7, 11) is 0. The van der Waals surface area contributed by atoms with Gasteiger partial charge < -0.3 is 10.6 Å². The van der Waals surface area contributed by atoms with E-state index < -0.39 is 17.5 Å². The highest BCUT2D eigenvalue weighted by molar-refractivity contribution is 6.10. The largest absolute Gasteiger partial charge is 0.325 e. The molecule has 0 spiro atoms. The summed E-state index contributed by atoms with van der Waals surface area (Å²) in [6, 6.07) is 16.8. The maximum absolute atomic E-state index is 12.6. The van der Waals surface area contributed by atoms with Gasteiger partial charge in [-0.3, -0.25) is 14.5 Å². The number of nitrogens with zero attached hydrogens (tertiary/aromatic N) is 1. The van der Waals surface area contributed by atoms with Crippen molar-refractivity contribution in [2.45, 2.75) is 32.2 Å². The van der Waals surface area contributed by atoms with Gasteiger partial charge in [-0.05, 0) is 36.1 Å². The molecule has 0 radical (unpaired) electrons. The first-order valence-corrected chi connectivity index (χ1v) is 9.08. The second-order valence-electron chi connectivity index (χ2n) is 6.60. The Bertz CT molecular complexity index is 843. The Hall–Kier alpha value is -3.15. The fourth-order valence-corrected chi connectivity index (χ4v) is 3.27. The number of rotatable bonds is 6. The highest BCUT2D eigenvalue weighted by atomic mass is 16.2. The standard InChI is InChI=1S/C21H23N3O3/c1-3-21(4-2)19(26)24(20(27)23-21)14-18(25)22-17-12-10-16(11-13-17)15-8-6-5-7-9-15/h5-13H,3-4,14H2,1-2H3,(H,22,25)(H,23,27). The van der Waals surface area contributed by atoms with Gasteiger partial charge >= 0.3 is 6.03 Å². The molecule has 0 aliphatic carbocycles. The van der Waals surface area contributed by atoms with Crippen LogP contribution in [0, 0.1) is 0 Å². The van der Waals surface area contributed by atoms with Crippen molar-refractivity contribution in [3.05, 3.63) is 54.6 Å². The lowest BCUT2D eigenvalue weighted by atomic mass is 9.93. The van der Waals surface area contributed by atoms with Crippen LogP contribution in [0.15, 0.2) is 54.6 Å². The first kappa shape index (κ1) is 18.6. The summed E-state index contributed by atoms with van der Waals surface area (Å²) in [6.07, 6.45) is 0.986. The summed E-state index contributed by atoms with van der Waals surface area (Å²) < 4.78 is 0. The number of hydrogen-bond acceptors (Lipinski definition) is 3. The molecule has 140 valence electrons. The van der Waals surface area contributed by atoms with Crippen LogP contribution in [0.1, 0.15) is 26.7 Å². The summed E-state index contributed by atoms with van der Waals surface area (Å²) in [5.74, 6) is -0.749. The molecule has 2 N–H and O–H groups in total. The first-order valence-electron chi connectivity index (χ1n) is 9.08. The zero-order chi connectivity index (χ0) is 19.4. The van der Waals surface area contributed by atoms with Crippen LogP contribution in [0.3, 0.4) is 0 Å². The van der Waals surface area contributed by atoms with Gasteiger partial charge in [-0.25, -0.2) is 4.79 Å². The van der Waals surface area contributed by atoms with E-state index in [0.717, 1.165) is 16.0 Å². The second kappa shape index (κ2) is 7.61.